The molecule has 1 N–H and O–H groups in total. The Morgan fingerprint density at radius 1 is 1.00 bits per heavy atom. The van der Waals surface area contributed by atoms with Crippen LogP contribution in [0, 0.1) is 0 Å². The highest BCUT2D eigenvalue weighted by molar-refractivity contribution is 6.04. The number of anilines is 1. The predicted octanol–water partition coefficient (Wildman–Crippen LogP) is 4.51. The molecule has 28 heavy (non-hydrogen) atoms. The summed E-state index contributed by atoms with van der Waals surface area (Å²) in [5.41, 5.74) is 5.40. The van der Waals surface area contributed by atoms with E-state index in [2.05, 4.69) is 40.5 Å². The Hall–Kier alpha value is -3.11. The van der Waals surface area contributed by atoms with Gasteiger partial charge in [-0.15, -0.1) is 0 Å². The van der Waals surface area contributed by atoms with Crippen LogP contribution >= 0.6 is 0 Å². The highest BCUT2D eigenvalue weighted by Gasteiger charge is 2.20. The smallest absolute Gasteiger partial charge is 0.255 e. The number of nitrogens with one attached hydrogen (secondary N) is 1. The van der Waals surface area contributed by atoms with Crippen molar-refractivity contribution in [1.82, 2.24) is 4.90 Å². The van der Waals surface area contributed by atoms with Crippen LogP contribution in [0.2, 0.25) is 0 Å². The van der Waals surface area contributed by atoms with E-state index in [-0.39, 0.29) is 5.91 Å². The van der Waals surface area contributed by atoms with Gasteiger partial charge in [-0.2, -0.15) is 0 Å². The maximum atomic E-state index is 12.6. The van der Waals surface area contributed by atoms with Crippen LogP contribution in [0.3, 0.4) is 0 Å². The van der Waals surface area contributed by atoms with Crippen molar-refractivity contribution in [2.45, 2.75) is 19.5 Å². The first kappa shape index (κ1) is 18.3. The van der Waals surface area contributed by atoms with Gasteiger partial charge in [0.25, 0.3) is 5.91 Å². The van der Waals surface area contributed by atoms with Crippen LogP contribution in [0.4, 0.5) is 5.69 Å². The first-order valence-corrected chi connectivity index (χ1v) is 9.55. The number of amides is 1. The van der Waals surface area contributed by atoms with E-state index in [0.717, 1.165) is 37.5 Å². The highest BCUT2D eigenvalue weighted by atomic mass is 16.5. The molecule has 4 rings (SSSR count). The summed E-state index contributed by atoms with van der Waals surface area (Å²) in [6.07, 6.45) is 0.932. The zero-order chi connectivity index (χ0) is 19.3. The SMILES string of the molecule is COc1ccc(C(=O)Nc2cccc3c2CCN(Cc2ccccc2)C3)cc1. The van der Waals surface area contributed by atoms with Gasteiger partial charge in [0, 0.05) is 30.9 Å². The minimum atomic E-state index is -0.0947. The van der Waals surface area contributed by atoms with Gasteiger partial charge in [-0.3, -0.25) is 9.69 Å². The molecule has 1 heterocycles. The largest absolute Gasteiger partial charge is 0.497 e. The quantitative estimate of drug-likeness (QED) is 0.717. The molecule has 0 aromatic heterocycles. The first-order chi connectivity index (χ1) is 13.7. The van der Waals surface area contributed by atoms with Gasteiger partial charge in [-0.25, -0.2) is 0 Å². The van der Waals surface area contributed by atoms with Gasteiger partial charge in [-0.05, 0) is 53.4 Å². The molecule has 1 aliphatic rings. The maximum Gasteiger partial charge on any atom is 0.255 e. The van der Waals surface area contributed by atoms with Gasteiger partial charge in [0.2, 0.25) is 0 Å². The van der Waals surface area contributed by atoms with E-state index in [1.54, 1.807) is 31.4 Å². The first-order valence-electron chi connectivity index (χ1n) is 9.55. The highest BCUT2D eigenvalue weighted by Crippen LogP contribution is 2.27. The molecule has 142 valence electrons. The number of rotatable bonds is 5. The number of hydrogen-bond donors (Lipinski definition) is 1. The molecular formula is C24H24N2O2. The molecule has 0 unspecified atom stereocenters. The summed E-state index contributed by atoms with van der Waals surface area (Å²) in [5.74, 6) is 0.648. The van der Waals surface area contributed by atoms with Crippen LogP contribution in [0.15, 0.2) is 72.8 Å². The summed E-state index contributed by atoms with van der Waals surface area (Å²) in [6.45, 7) is 2.83. The van der Waals surface area contributed by atoms with Crippen molar-refractivity contribution in [2.75, 3.05) is 19.0 Å². The fraction of sp³-hybridized carbons (Fsp3) is 0.208. The van der Waals surface area contributed by atoms with Crippen molar-refractivity contribution in [2.24, 2.45) is 0 Å². The van der Waals surface area contributed by atoms with Crippen LogP contribution in [-0.4, -0.2) is 24.5 Å². The second-order valence-corrected chi connectivity index (χ2v) is 7.07. The molecule has 4 nitrogen and oxygen atoms in total. The minimum absolute atomic E-state index is 0.0947. The van der Waals surface area contributed by atoms with Gasteiger partial charge < -0.3 is 10.1 Å². The number of benzene rings is 3. The van der Waals surface area contributed by atoms with Crippen LogP contribution in [0.5, 0.6) is 5.75 Å². The predicted molar refractivity (Wildman–Crippen MR) is 112 cm³/mol. The molecule has 0 atom stereocenters. The van der Waals surface area contributed by atoms with E-state index in [9.17, 15) is 4.79 Å². The van der Waals surface area contributed by atoms with Crippen molar-refractivity contribution in [3.63, 3.8) is 0 Å². The lowest BCUT2D eigenvalue weighted by Gasteiger charge is -2.30. The zero-order valence-electron chi connectivity index (χ0n) is 16.0. The molecule has 1 amide bonds. The van der Waals surface area contributed by atoms with E-state index in [0.29, 0.717) is 5.56 Å². The number of fused-ring (bicyclic) bond motifs is 1. The molecule has 0 bridgehead atoms. The third-order valence-corrected chi connectivity index (χ3v) is 5.19. The standard InChI is InChI=1S/C24H24N2O2/c1-28-21-12-10-19(11-13-21)24(27)25-23-9-5-8-20-17-26(15-14-22(20)23)16-18-6-3-2-4-7-18/h2-13H,14-17H2,1H3,(H,25,27). The Bertz CT molecular complexity index is 952. The van der Waals surface area contributed by atoms with Crippen molar-refractivity contribution >= 4 is 11.6 Å². The number of methoxy groups -OCH3 is 1. The molecule has 3 aromatic rings. The van der Waals surface area contributed by atoms with E-state index in [1.807, 2.05) is 18.2 Å². The fourth-order valence-corrected chi connectivity index (χ4v) is 3.70. The van der Waals surface area contributed by atoms with Crippen molar-refractivity contribution in [3.05, 3.63) is 95.1 Å². The van der Waals surface area contributed by atoms with Crippen LogP contribution in [0.1, 0.15) is 27.0 Å². The van der Waals surface area contributed by atoms with Crippen molar-refractivity contribution in [1.29, 1.82) is 0 Å². The average Bonchev–Trinajstić information content (AvgIpc) is 2.74. The third-order valence-electron chi connectivity index (χ3n) is 5.19. The van der Waals surface area contributed by atoms with Crippen LogP contribution in [0.25, 0.3) is 0 Å². The molecule has 0 fully saturated rings. The fourth-order valence-electron chi connectivity index (χ4n) is 3.70. The normalized spacial score (nSPS) is 13.6. The lowest BCUT2D eigenvalue weighted by molar-refractivity contribution is 0.102. The molecule has 0 spiro atoms. The lowest BCUT2D eigenvalue weighted by Crippen LogP contribution is -2.30. The topological polar surface area (TPSA) is 41.6 Å². The average molecular weight is 372 g/mol. The number of carbonyl (C=O) groups excluding carboxylic acids is 1. The molecule has 4 heteroatoms. The van der Waals surface area contributed by atoms with E-state index in [4.69, 9.17) is 4.74 Å². The number of ether oxygens (including phenoxy) is 1. The summed E-state index contributed by atoms with van der Waals surface area (Å²) in [7, 11) is 1.62. The lowest BCUT2D eigenvalue weighted by atomic mass is 9.97. The molecule has 1 aliphatic heterocycles. The second kappa shape index (κ2) is 8.28. The van der Waals surface area contributed by atoms with Crippen molar-refractivity contribution in [3.8, 4) is 5.75 Å². The van der Waals surface area contributed by atoms with Gasteiger partial charge in [-0.1, -0.05) is 42.5 Å². The number of nitrogens with zero attached hydrogens (tertiary/aromatic N) is 1. The monoisotopic (exact) mass is 372 g/mol. The zero-order valence-corrected chi connectivity index (χ0v) is 16.0. The Labute approximate surface area is 165 Å². The van der Waals surface area contributed by atoms with E-state index < -0.39 is 0 Å². The molecule has 3 aromatic carbocycles. The Morgan fingerprint density at radius 3 is 2.54 bits per heavy atom. The summed E-state index contributed by atoms with van der Waals surface area (Å²) in [4.78, 5) is 15.1. The molecular weight excluding hydrogens is 348 g/mol. The summed E-state index contributed by atoms with van der Waals surface area (Å²) >= 11 is 0. The van der Waals surface area contributed by atoms with Crippen LogP contribution < -0.4 is 10.1 Å². The van der Waals surface area contributed by atoms with E-state index in [1.165, 1.54) is 16.7 Å². The summed E-state index contributed by atoms with van der Waals surface area (Å²) in [5, 5.41) is 3.09. The summed E-state index contributed by atoms with van der Waals surface area (Å²) in [6, 6.07) is 23.9. The molecule has 0 saturated heterocycles. The molecule has 0 saturated carbocycles. The van der Waals surface area contributed by atoms with E-state index >= 15 is 0 Å². The summed E-state index contributed by atoms with van der Waals surface area (Å²) < 4.78 is 5.16. The van der Waals surface area contributed by atoms with Gasteiger partial charge in [0.15, 0.2) is 0 Å². The Balaban J connectivity index is 1.47. The minimum Gasteiger partial charge on any atom is -0.497 e. The van der Waals surface area contributed by atoms with Crippen molar-refractivity contribution < 1.29 is 9.53 Å². The number of carbonyl (C=O) groups is 1. The Kier molecular flexibility index (Phi) is 5.40. The molecule has 0 radical (unpaired) electrons. The second-order valence-electron chi connectivity index (χ2n) is 7.07. The maximum absolute atomic E-state index is 12.6. The Morgan fingerprint density at radius 2 is 1.79 bits per heavy atom. The molecule has 0 aliphatic carbocycles. The van der Waals surface area contributed by atoms with Crippen LogP contribution in [-0.2, 0) is 19.5 Å². The third kappa shape index (κ3) is 4.07. The van der Waals surface area contributed by atoms with Gasteiger partial charge >= 0.3 is 0 Å². The number of hydrogen-bond acceptors (Lipinski definition) is 3. The van der Waals surface area contributed by atoms with Gasteiger partial charge in [0.05, 0.1) is 7.11 Å². The van der Waals surface area contributed by atoms with Gasteiger partial charge in [0.1, 0.15) is 5.75 Å².